The molecule has 0 bridgehead atoms. The Morgan fingerprint density at radius 2 is 1.86 bits per heavy atom. The molecule has 0 spiro atoms. The Morgan fingerprint density at radius 1 is 1.16 bits per heavy atom. The molecule has 6 heteroatoms. The molecule has 37 heavy (non-hydrogen) atoms. The van der Waals surface area contributed by atoms with Crippen LogP contribution >= 0.6 is 0 Å². The monoisotopic (exact) mass is 739 g/mol. The number of hydrogen-bond donors (Lipinski definition) is 2. The van der Waals surface area contributed by atoms with E-state index in [4.69, 9.17) is 0 Å². The average Bonchev–Trinajstić information content (AvgIpc) is 3.18. The van der Waals surface area contributed by atoms with E-state index in [-0.39, 0.29) is 49.3 Å². The number of rotatable bonds is 8. The van der Waals surface area contributed by atoms with E-state index in [1.165, 1.54) is 25.7 Å². The van der Waals surface area contributed by atoms with Crippen molar-refractivity contribution in [2.45, 2.75) is 105 Å². The summed E-state index contributed by atoms with van der Waals surface area (Å²) in [6, 6.07) is 0.412. The number of nitrogens with zero attached hydrogens (tertiary/aromatic N) is 2. The summed E-state index contributed by atoms with van der Waals surface area (Å²) in [5.41, 5.74) is 3.15. The summed E-state index contributed by atoms with van der Waals surface area (Å²) in [5.74, 6) is 1.86. The molecule has 4 rings (SSSR count). The van der Waals surface area contributed by atoms with E-state index in [2.05, 4.69) is 58.8 Å². The molecule has 4 aliphatic rings. The molecular weight excluding hydrogens is 687 g/mol. The van der Waals surface area contributed by atoms with Crippen molar-refractivity contribution in [1.82, 2.24) is 10.2 Å². The quantitative estimate of drug-likeness (QED) is 0.0978. The Morgan fingerprint density at radius 3 is 2.46 bits per heavy atom. The van der Waals surface area contributed by atoms with Crippen molar-refractivity contribution in [1.29, 1.82) is 0 Å². The molecule has 7 atom stereocenters. The second-order valence-electron chi connectivity index (χ2n) is 13.1. The van der Waals surface area contributed by atoms with Crippen molar-refractivity contribution in [2.24, 2.45) is 34.0 Å². The molecule has 4 aliphatic carbocycles. The van der Waals surface area contributed by atoms with Crippen molar-refractivity contribution in [2.75, 3.05) is 26.3 Å². The Balaban J connectivity index is 0.000000319. The van der Waals surface area contributed by atoms with Gasteiger partial charge in [0.15, 0.2) is 0 Å². The van der Waals surface area contributed by atoms with Gasteiger partial charge in [-0.15, -0.1) is 0 Å². The SMILES string of the molecule is C=[C-]N(CCNCCF)C(C)C.CC(=[N-])[C@H]1CC[C@@H]2[C@]1(C)CC[C@H]1[C@@]2(C)CC=C2C[C@@H](O)CC[C@@]21C.[U+2]. The summed E-state index contributed by atoms with van der Waals surface area (Å²) in [6.45, 7) is 18.9. The molecule has 2 N–H and O–H groups in total. The molecule has 0 aromatic carbocycles. The minimum atomic E-state index is -0.306. The summed E-state index contributed by atoms with van der Waals surface area (Å²) >= 11 is 0. The van der Waals surface area contributed by atoms with Crippen molar-refractivity contribution in [3.05, 3.63) is 29.8 Å². The fourth-order valence-electron chi connectivity index (χ4n) is 8.90. The van der Waals surface area contributed by atoms with Crippen molar-refractivity contribution in [3.63, 3.8) is 0 Å². The molecule has 0 unspecified atom stereocenters. The van der Waals surface area contributed by atoms with Crippen LogP contribution in [0.1, 0.15) is 92.9 Å². The zero-order valence-electron chi connectivity index (χ0n) is 24.4. The van der Waals surface area contributed by atoms with E-state index in [1.807, 2.05) is 11.8 Å². The topological polar surface area (TPSA) is 57.8 Å². The summed E-state index contributed by atoms with van der Waals surface area (Å²) in [6.07, 6.45) is 14.4. The van der Waals surface area contributed by atoms with Crippen LogP contribution in [0.3, 0.4) is 0 Å². The van der Waals surface area contributed by atoms with Crippen LogP contribution in [-0.2, 0) is 0 Å². The zero-order chi connectivity index (χ0) is 26.7. The number of alkyl halides is 1. The Hall–Kier alpha value is -0.148. The molecule has 4 nitrogen and oxygen atoms in total. The molecule has 0 aromatic rings. The van der Waals surface area contributed by atoms with Gasteiger partial charge in [-0.2, -0.15) is 0 Å². The van der Waals surface area contributed by atoms with Gasteiger partial charge in [0.2, 0.25) is 0 Å². The summed E-state index contributed by atoms with van der Waals surface area (Å²) in [4.78, 5) is 1.99. The molecule has 0 heterocycles. The third kappa shape index (κ3) is 6.61. The van der Waals surface area contributed by atoms with Gasteiger partial charge in [-0.05, 0) is 112 Å². The number of aliphatic hydroxyl groups excluding tert-OH is 1. The largest absolute Gasteiger partial charge is 2.00 e. The smallest absolute Gasteiger partial charge is 0.811 e. The second kappa shape index (κ2) is 13.5. The first-order valence-electron chi connectivity index (χ1n) is 14.4. The maximum absolute atomic E-state index is 11.7. The predicted molar refractivity (Wildman–Crippen MR) is 149 cm³/mol. The molecule has 0 radical (unpaired) electrons. The molecule has 0 aromatic heterocycles. The minimum Gasteiger partial charge on any atom is -0.811 e. The third-order valence-electron chi connectivity index (χ3n) is 10.8. The average molecular weight is 740 g/mol. The number of hydrogen-bond acceptors (Lipinski definition) is 3. The van der Waals surface area contributed by atoms with Crippen molar-refractivity contribution < 1.29 is 40.6 Å². The van der Waals surface area contributed by atoms with Crippen molar-refractivity contribution in [3.8, 4) is 0 Å². The Labute approximate surface area is 250 Å². The summed E-state index contributed by atoms with van der Waals surface area (Å²) in [5, 5.41) is 23.4. The van der Waals surface area contributed by atoms with Crippen LogP contribution < -0.4 is 5.32 Å². The van der Waals surface area contributed by atoms with Crippen LogP contribution in [0.25, 0.3) is 5.41 Å². The fourth-order valence-corrected chi connectivity index (χ4v) is 8.90. The minimum absolute atomic E-state index is 0. The normalized spacial score (nSPS) is 38.1. The summed E-state index contributed by atoms with van der Waals surface area (Å²) < 4.78 is 11.7. The standard InChI is InChI=1S/C22H34NO.C9H18FN2.U/c1-14(23)17-5-6-18-21(17,3)12-9-19-20(2)11-8-16(24)13-15(20)7-10-22(18,19)4;1-4-12(9(2)3)8-7-11-6-5-10;/h7,16-19,24H,5-6,8-13H2,1-4H3;9,11H,1,5-8H2,2-3H3;/q2*-1;+2/t16-,17+,18+,19+,20-,21+,22-;;/m0../s1. The number of halogens is 1. The molecule has 3 saturated carbocycles. The Kier molecular flexibility index (Phi) is 12.0. The maximum Gasteiger partial charge on any atom is 2.00 e. The van der Waals surface area contributed by atoms with Gasteiger partial charge >= 0.3 is 31.1 Å². The van der Waals surface area contributed by atoms with Gasteiger partial charge in [0.1, 0.15) is 6.67 Å². The molecule has 0 amide bonds. The van der Waals surface area contributed by atoms with Gasteiger partial charge in [0, 0.05) is 13.1 Å². The number of aliphatic hydroxyl groups is 1. The molecule has 208 valence electrons. The van der Waals surface area contributed by atoms with Crippen LogP contribution in [0.4, 0.5) is 4.39 Å². The van der Waals surface area contributed by atoms with Gasteiger partial charge in [-0.1, -0.05) is 39.3 Å². The summed E-state index contributed by atoms with van der Waals surface area (Å²) in [7, 11) is 0. The number of nitrogens with one attached hydrogen (secondary N) is 1. The zero-order valence-corrected chi connectivity index (χ0v) is 28.5. The van der Waals surface area contributed by atoms with Gasteiger partial charge in [0.05, 0.1) is 6.10 Å². The van der Waals surface area contributed by atoms with Gasteiger partial charge in [0.25, 0.3) is 0 Å². The van der Waals surface area contributed by atoms with Crippen molar-refractivity contribution >= 4 is 5.71 Å². The molecular formula is C31H52FN3OU. The van der Waals surface area contributed by atoms with Crippen LogP contribution in [0.5, 0.6) is 0 Å². The number of fused-ring (bicyclic) bond motifs is 5. The van der Waals surface area contributed by atoms with Crippen LogP contribution in [0.15, 0.2) is 18.2 Å². The molecule has 3 fully saturated rings. The first-order chi connectivity index (χ1) is 16.9. The van der Waals surface area contributed by atoms with E-state index >= 15 is 0 Å². The maximum atomic E-state index is 11.7. The first kappa shape index (κ1) is 33.1. The van der Waals surface area contributed by atoms with E-state index in [0.717, 1.165) is 50.6 Å². The van der Waals surface area contributed by atoms with E-state index < -0.39 is 0 Å². The van der Waals surface area contributed by atoms with Crippen LogP contribution in [-0.4, -0.2) is 54.2 Å². The van der Waals surface area contributed by atoms with Crippen LogP contribution in [0.2, 0.25) is 0 Å². The number of allylic oxidation sites excluding steroid dienone is 1. The third-order valence-corrected chi connectivity index (χ3v) is 10.8. The second-order valence-corrected chi connectivity index (χ2v) is 13.1. The van der Waals surface area contributed by atoms with Gasteiger partial charge < -0.3 is 26.9 Å². The Bertz CT molecular complexity index is 818. The predicted octanol–water partition coefficient (Wildman–Crippen LogP) is 6.55. The van der Waals surface area contributed by atoms with E-state index in [1.54, 1.807) is 5.57 Å². The first-order valence-corrected chi connectivity index (χ1v) is 14.4. The molecule has 0 saturated heterocycles. The van der Waals surface area contributed by atoms with E-state index in [0.29, 0.717) is 35.0 Å². The van der Waals surface area contributed by atoms with Gasteiger partial charge in [-0.25, -0.2) is 10.1 Å². The molecule has 0 aliphatic heterocycles. The fraction of sp³-hybridized carbons (Fsp3) is 0.839. The van der Waals surface area contributed by atoms with E-state index in [9.17, 15) is 14.9 Å². The van der Waals surface area contributed by atoms with Gasteiger partial charge in [-0.3, -0.25) is 6.58 Å². The van der Waals surface area contributed by atoms with Crippen LogP contribution in [0, 0.1) is 71.3 Å².